The molecule has 0 aliphatic rings. The first-order chi connectivity index (χ1) is 8.99. The largest absolute Gasteiger partial charge is 0.350 e. The molecule has 0 saturated carbocycles. The standard InChI is InChI=1S/C13H19F2N3O/c1-3-4-5-8(2)17-13(19)9-6-10(14)12(18-16)11(15)7-9/h6-8,18H,3-5,16H2,1-2H3,(H,17,19). The Kier molecular flexibility index (Phi) is 5.69. The molecule has 1 atom stereocenters. The van der Waals surface area contributed by atoms with Crippen LogP contribution in [0.2, 0.25) is 0 Å². The predicted octanol–water partition coefficient (Wildman–Crippen LogP) is 2.56. The zero-order chi connectivity index (χ0) is 14.4. The average Bonchev–Trinajstić information content (AvgIpc) is 2.35. The Hall–Kier alpha value is -1.69. The van der Waals surface area contributed by atoms with E-state index < -0.39 is 23.2 Å². The maximum Gasteiger partial charge on any atom is 0.251 e. The summed E-state index contributed by atoms with van der Waals surface area (Å²) in [4.78, 5) is 11.8. The molecule has 0 spiro atoms. The Morgan fingerprint density at radius 1 is 1.37 bits per heavy atom. The average molecular weight is 271 g/mol. The van der Waals surface area contributed by atoms with Crippen molar-refractivity contribution in [3.8, 4) is 0 Å². The third-order valence-corrected chi connectivity index (χ3v) is 2.82. The Labute approximate surface area is 111 Å². The van der Waals surface area contributed by atoms with Gasteiger partial charge in [-0.25, -0.2) is 8.78 Å². The van der Waals surface area contributed by atoms with E-state index in [9.17, 15) is 13.6 Å². The van der Waals surface area contributed by atoms with Crippen LogP contribution in [0.25, 0.3) is 0 Å². The Morgan fingerprint density at radius 3 is 2.42 bits per heavy atom. The number of carbonyl (C=O) groups excluding carboxylic acids is 1. The number of nitrogens with one attached hydrogen (secondary N) is 2. The molecule has 1 aromatic carbocycles. The molecule has 0 heterocycles. The van der Waals surface area contributed by atoms with Crippen molar-refractivity contribution in [2.24, 2.45) is 5.84 Å². The summed E-state index contributed by atoms with van der Waals surface area (Å²) in [7, 11) is 0. The molecule has 0 aliphatic heterocycles. The second kappa shape index (κ2) is 7.04. The second-order valence-electron chi connectivity index (χ2n) is 4.48. The third kappa shape index (κ3) is 4.17. The number of hydrogen-bond acceptors (Lipinski definition) is 3. The first-order valence-corrected chi connectivity index (χ1v) is 6.26. The first-order valence-electron chi connectivity index (χ1n) is 6.26. The highest BCUT2D eigenvalue weighted by Gasteiger charge is 2.15. The molecule has 4 N–H and O–H groups in total. The van der Waals surface area contributed by atoms with Crippen LogP contribution in [0.4, 0.5) is 14.5 Å². The second-order valence-corrected chi connectivity index (χ2v) is 4.48. The summed E-state index contributed by atoms with van der Waals surface area (Å²) in [6.07, 6.45) is 2.84. The summed E-state index contributed by atoms with van der Waals surface area (Å²) < 4.78 is 26.9. The number of amides is 1. The van der Waals surface area contributed by atoms with Gasteiger partial charge in [-0.3, -0.25) is 10.6 Å². The molecule has 1 unspecified atom stereocenters. The van der Waals surface area contributed by atoms with Crippen molar-refractivity contribution in [2.45, 2.75) is 39.2 Å². The zero-order valence-electron chi connectivity index (χ0n) is 11.1. The van der Waals surface area contributed by atoms with Gasteiger partial charge in [0.1, 0.15) is 5.69 Å². The lowest BCUT2D eigenvalue weighted by Gasteiger charge is -2.14. The zero-order valence-corrected chi connectivity index (χ0v) is 11.1. The van der Waals surface area contributed by atoms with Crippen LogP contribution in [-0.4, -0.2) is 11.9 Å². The van der Waals surface area contributed by atoms with Gasteiger partial charge in [-0.15, -0.1) is 0 Å². The summed E-state index contributed by atoms with van der Waals surface area (Å²) in [5, 5.41) is 2.70. The molecule has 4 nitrogen and oxygen atoms in total. The van der Waals surface area contributed by atoms with Crippen LogP contribution in [0.15, 0.2) is 12.1 Å². The molecule has 0 aromatic heterocycles. The monoisotopic (exact) mass is 271 g/mol. The molecule has 0 fully saturated rings. The number of hydrogen-bond donors (Lipinski definition) is 3. The molecule has 1 rings (SSSR count). The summed E-state index contributed by atoms with van der Waals surface area (Å²) in [6.45, 7) is 3.91. The van der Waals surface area contributed by atoms with E-state index in [-0.39, 0.29) is 11.6 Å². The fourth-order valence-corrected chi connectivity index (χ4v) is 1.73. The molecule has 0 bridgehead atoms. The van der Waals surface area contributed by atoms with Crippen LogP contribution < -0.4 is 16.6 Å². The molecule has 106 valence electrons. The SMILES string of the molecule is CCCCC(C)NC(=O)c1cc(F)c(NN)c(F)c1. The molecular weight excluding hydrogens is 252 g/mol. The minimum absolute atomic E-state index is 0.0362. The number of benzene rings is 1. The van der Waals surface area contributed by atoms with Gasteiger partial charge in [0.05, 0.1) is 0 Å². The number of rotatable bonds is 6. The maximum absolute atomic E-state index is 13.4. The van der Waals surface area contributed by atoms with Gasteiger partial charge in [0.2, 0.25) is 0 Å². The van der Waals surface area contributed by atoms with Crippen LogP contribution in [0.3, 0.4) is 0 Å². The van der Waals surface area contributed by atoms with E-state index in [4.69, 9.17) is 5.84 Å². The van der Waals surface area contributed by atoms with E-state index in [1.807, 2.05) is 12.3 Å². The van der Waals surface area contributed by atoms with Crippen LogP contribution in [0, 0.1) is 11.6 Å². The van der Waals surface area contributed by atoms with Crippen molar-refractivity contribution in [1.82, 2.24) is 5.32 Å². The minimum atomic E-state index is -0.895. The summed E-state index contributed by atoms with van der Waals surface area (Å²) >= 11 is 0. The quantitative estimate of drug-likeness (QED) is 0.550. The molecule has 0 radical (unpaired) electrons. The van der Waals surface area contributed by atoms with Crippen molar-refractivity contribution >= 4 is 11.6 Å². The van der Waals surface area contributed by atoms with Crippen molar-refractivity contribution in [3.63, 3.8) is 0 Å². The van der Waals surface area contributed by atoms with Crippen molar-refractivity contribution < 1.29 is 13.6 Å². The highest BCUT2D eigenvalue weighted by Crippen LogP contribution is 2.19. The van der Waals surface area contributed by atoms with E-state index >= 15 is 0 Å². The van der Waals surface area contributed by atoms with Gasteiger partial charge in [0, 0.05) is 11.6 Å². The summed E-state index contributed by atoms with van der Waals surface area (Å²) in [6, 6.07) is 1.88. The summed E-state index contributed by atoms with van der Waals surface area (Å²) in [5.41, 5.74) is 1.41. The molecule has 1 aromatic rings. The Bertz CT molecular complexity index is 429. The van der Waals surface area contributed by atoms with Gasteiger partial charge >= 0.3 is 0 Å². The number of anilines is 1. The van der Waals surface area contributed by atoms with Crippen LogP contribution >= 0.6 is 0 Å². The lowest BCUT2D eigenvalue weighted by atomic mass is 10.1. The fraction of sp³-hybridized carbons (Fsp3) is 0.462. The third-order valence-electron chi connectivity index (χ3n) is 2.82. The van der Waals surface area contributed by atoms with E-state index in [1.165, 1.54) is 0 Å². The van der Waals surface area contributed by atoms with E-state index in [1.54, 1.807) is 0 Å². The number of carbonyl (C=O) groups is 1. The summed E-state index contributed by atoms with van der Waals surface area (Å²) in [5.74, 6) is 2.70. The number of nitrogens with two attached hydrogens (primary N) is 1. The fourth-order valence-electron chi connectivity index (χ4n) is 1.73. The molecule has 0 saturated heterocycles. The van der Waals surface area contributed by atoms with Gasteiger partial charge < -0.3 is 10.7 Å². The number of nitrogen functional groups attached to an aromatic ring is 1. The number of hydrazine groups is 1. The van der Waals surface area contributed by atoms with Gasteiger partial charge in [-0.2, -0.15) is 0 Å². The lowest BCUT2D eigenvalue weighted by molar-refractivity contribution is 0.0937. The van der Waals surface area contributed by atoms with Crippen molar-refractivity contribution in [3.05, 3.63) is 29.3 Å². The highest BCUT2D eigenvalue weighted by molar-refractivity contribution is 5.94. The topological polar surface area (TPSA) is 67.2 Å². The minimum Gasteiger partial charge on any atom is -0.350 e. The maximum atomic E-state index is 13.4. The van der Waals surface area contributed by atoms with Crippen LogP contribution in [0.1, 0.15) is 43.5 Å². The van der Waals surface area contributed by atoms with Gasteiger partial charge in [-0.05, 0) is 25.5 Å². The van der Waals surface area contributed by atoms with E-state index in [0.29, 0.717) is 0 Å². The Balaban J connectivity index is 2.78. The van der Waals surface area contributed by atoms with E-state index in [0.717, 1.165) is 31.4 Å². The molecule has 19 heavy (non-hydrogen) atoms. The number of unbranched alkanes of at least 4 members (excludes halogenated alkanes) is 1. The van der Waals surface area contributed by atoms with Crippen molar-refractivity contribution in [1.29, 1.82) is 0 Å². The first kappa shape index (κ1) is 15.4. The molecule has 6 heteroatoms. The van der Waals surface area contributed by atoms with Crippen LogP contribution in [0.5, 0.6) is 0 Å². The molecule has 1 amide bonds. The lowest BCUT2D eigenvalue weighted by Crippen LogP contribution is -2.32. The predicted molar refractivity (Wildman–Crippen MR) is 70.6 cm³/mol. The van der Waals surface area contributed by atoms with Gasteiger partial charge in [0.15, 0.2) is 11.6 Å². The van der Waals surface area contributed by atoms with Gasteiger partial charge in [-0.1, -0.05) is 19.8 Å². The van der Waals surface area contributed by atoms with Gasteiger partial charge in [0.25, 0.3) is 5.91 Å². The molecule has 0 aliphatic carbocycles. The highest BCUT2D eigenvalue weighted by atomic mass is 19.1. The normalized spacial score (nSPS) is 12.1. The van der Waals surface area contributed by atoms with Crippen LogP contribution in [-0.2, 0) is 0 Å². The van der Waals surface area contributed by atoms with E-state index in [2.05, 4.69) is 12.2 Å². The van der Waals surface area contributed by atoms with Crippen molar-refractivity contribution in [2.75, 3.05) is 5.43 Å². The number of halogens is 2. The molecular formula is C13H19F2N3O. The smallest absolute Gasteiger partial charge is 0.251 e. The Morgan fingerprint density at radius 2 is 1.95 bits per heavy atom.